The molecule has 25 heavy (non-hydrogen) atoms. The van der Waals surface area contributed by atoms with E-state index in [1.165, 1.54) is 5.56 Å². The second-order valence-corrected chi connectivity index (χ2v) is 6.58. The first-order valence-electron chi connectivity index (χ1n) is 8.67. The molecule has 1 heterocycles. The highest BCUT2D eigenvalue weighted by molar-refractivity contribution is 6.07. The lowest BCUT2D eigenvalue weighted by molar-refractivity contribution is 0.0699. The van der Waals surface area contributed by atoms with E-state index in [0.29, 0.717) is 12.1 Å². The van der Waals surface area contributed by atoms with Crippen LogP contribution in [0.25, 0.3) is 22.2 Å². The Labute approximate surface area is 147 Å². The molecule has 0 aliphatic heterocycles. The summed E-state index contributed by atoms with van der Waals surface area (Å²) in [6, 6.07) is 11.9. The first-order valence-corrected chi connectivity index (χ1v) is 8.67. The van der Waals surface area contributed by atoms with Gasteiger partial charge in [0.25, 0.3) is 0 Å². The summed E-state index contributed by atoms with van der Waals surface area (Å²) in [5.41, 5.74) is 12.4. The van der Waals surface area contributed by atoms with Crippen LogP contribution in [-0.2, 0) is 6.42 Å². The Morgan fingerprint density at radius 3 is 2.64 bits per heavy atom. The number of carbonyl (C=O) groups is 1. The molecule has 0 aliphatic carbocycles. The normalized spacial score (nSPS) is 11.2. The van der Waals surface area contributed by atoms with Gasteiger partial charge >= 0.3 is 5.97 Å². The van der Waals surface area contributed by atoms with Gasteiger partial charge in [-0.15, -0.1) is 0 Å². The zero-order valence-electron chi connectivity index (χ0n) is 14.7. The zero-order valence-corrected chi connectivity index (χ0v) is 14.7. The van der Waals surface area contributed by atoms with Crippen LogP contribution in [0.1, 0.15) is 39.9 Å². The van der Waals surface area contributed by atoms with Crippen LogP contribution in [0.2, 0.25) is 0 Å². The fourth-order valence-electron chi connectivity index (χ4n) is 3.43. The molecule has 0 saturated carbocycles. The highest BCUT2D eigenvalue weighted by Crippen LogP contribution is 2.35. The smallest absolute Gasteiger partial charge is 0.336 e. The van der Waals surface area contributed by atoms with Gasteiger partial charge in [-0.05, 0) is 68.5 Å². The molecule has 130 valence electrons. The third-order valence-electron chi connectivity index (χ3n) is 4.69. The van der Waals surface area contributed by atoms with Crippen LogP contribution in [-0.4, -0.2) is 22.6 Å². The van der Waals surface area contributed by atoms with E-state index < -0.39 is 5.97 Å². The number of aryl methyl sites for hydroxylation is 3. The molecule has 3 rings (SSSR count). The number of aromatic carboxylic acids is 1. The van der Waals surface area contributed by atoms with Gasteiger partial charge in [0.15, 0.2) is 0 Å². The minimum atomic E-state index is -0.889. The van der Waals surface area contributed by atoms with E-state index >= 15 is 0 Å². The maximum Gasteiger partial charge on any atom is 0.336 e. The molecule has 3 aromatic rings. The lowest BCUT2D eigenvalue weighted by Crippen LogP contribution is -2.01. The van der Waals surface area contributed by atoms with Crippen LogP contribution < -0.4 is 5.73 Å². The van der Waals surface area contributed by atoms with Crippen molar-refractivity contribution in [2.45, 2.75) is 33.1 Å². The number of nitrogens with one attached hydrogen (secondary N) is 1. The summed E-state index contributed by atoms with van der Waals surface area (Å²) in [5.74, 6) is -0.889. The van der Waals surface area contributed by atoms with E-state index in [4.69, 9.17) is 5.73 Å². The Morgan fingerprint density at radius 2 is 1.96 bits per heavy atom. The van der Waals surface area contributed by atoms with Crippen molar-refractivity contribution in [2.24, 2.45) is 5.73 Å². The van der Waals surface area contributed by atoms with Crippen LogP contribution in [0.3, 0.4) is 0 Å². The number of unbranched alkanes of at least 4 members (excludes halogenated alkanes) is 1. The third kappa shape index (κ3) is 3.30. The number of aromatic amines is 1. The number of hydrogen-bond donors (Lipinski definition) is 3. The number of nitrogens with two attached hydrogens (primary N) is 1. The first-order chi connectivity index (χ1) is 12.0. The molecule has 0 amide bonds. The van der Waals surface area contributed by atoms with Crippen LogP contribution in [0.4, 0.5) is 0 Å². The summed E-state index contributed by atoms with van der Waals surface area (Å²) in [5, 5.41) is 10.5. The Morgan fingerprint density at radius 1 is 1.16 bits per heavy atom. The summed E-state index contributed by atoms with van der Waals surface area (Å²) < 4.78 is 0. The predicted molar refractivity (Wildman–Crippen MR) is 102 cm³/mol. The molecule has 0 aliphatic rings. The molecule has 1 aromatic heterocycles. The number of aromatic nitrogens is 1. The molecule has 0 saturated heterocycles. The van der Waals surface area contributed by atoms with Crippen molar-refractivity contribution in [3.05, 3.63) is 58.7 Å². The monoisotopic (exact) mass is 336 g/mol. The van der Waals surface area contributed by atoms with Crippen LogP contribution in [0.5, 0.6) is 0 Å². The van der Waals surface area contributed by atoms with Crippen molar-refractivity contribution in [2.75, 3.05) is 6.54 Å². The van der Waals surface area contributed by atoms with E-state index in [0.717, 1.165) is 52.5 Å². The van der Waals surface area contributed by atoms with Crippen molar-refractivity contribution >= 4 is 16.9 Å². The molecule has 0 atom stereocenters. The molecule has 0 spiro atoms. The number of H-pyrrole nitrogens is 1. The highest BCUT2D eigenvalue weighted by atomic mass is 16.4. The summed E-state index contributed by atoms with van der Waals surface area (Å²) >= 11 is 0. The van der Waals surface area contributed by atoms with Crippen LogP contribution in [0.15, 0.2) is 36.4 Å². The van der Waals surface area contributed by atoms with Crippen molar-refractivity contribution < 1.29 is 9.90 Å². The standard InChI is InChI=1S/C21H24N2O2/c1-13-6-5-7-15(12-13)20-16(8-3-4-11-22)18-17(21(24)25)10-9-14(2)19(18)23-20/h5-7,9-10,12,23H,3-4,8,11,22H2,1-2H3,(H,24,25). The maximum atomic E-state index is 11.8. The molecule has 0 bridgehead atoms. The van der Waals surface area contributed by atoms with Gasteiger partial charge in [0.05, 0.1) is 5.56 Å². The topological polar surface area (TPSA) is 79.1 Å². The van der Waals surface area contributed by atoms with Crippen molar-refractivity contribution in [1.29, 1.82) is 0 Å². The van der Waals surface area contributed by atoms with E-state index in [-0.39, 0.29) is 0 Å². The van der Waals surface area contributed by atoms with E-state index in [9.17, 15) is 9.90 Å². The predicted octanol–water partition coefficient (Wildman–Crippen LogP) is 4.43. The highest BCUT2D eigenvalue weighted by Gasteiger charge is 2.20. The molecule has 4 heteroatoms. The van der Waals surface area contributed by atoms with Gasteiger partial charge in [0, 0.05) is 16.6 Å². The first kappa shape index (κ1) is 17.2. The number of hydrogen-bond acceptors (Lipinski definition) is 2. The number of benzene rings is 2. The fourth-order valence-corrected chi connectivity index (χ4v) is 3.43. The lowest BCUT2D eigenvalue weighted by Gasteiger charge is -2.07. The largest absolute Gasteiger partial charge is 0.478 e. The zero-order chi connectivity index (χ0) is 18.0. The quantitative estimate of drug-likeness (QED) is 0.583. The number of fused-ring (bicyclic) bond motifs is 1. The third-order valence-corrected chi connectivity index (χ3v) is 4.69. The van der Waals surface area contributed by atoms with Gasteiger partial charge in [-0.1, -0.05) is 29.8 Å². The minimum absolute atomic E-state index is 0.360. The second kappa shape index (κ2) is 7.11. The van der Waals surface area contributed by atoms with Gasteiger partial charge in [-0.25, -0.2) is 4.79 Å². The second-order valence-electron chi connectivity index (χ2n) is 6.58. The number of carboxylic acids is 1. The molecular formula is C21H24N2O2. The number of carboxylic acid groups (broad SMARTS) is 1. The van der Waals surface area contributed by atoms with Gasteiger partial charge in [-0.3, -0.25) is 0 Å². The van der Waals surface area contributed by atoms with Crippen LogP contribution >= 0.6 is 0 Å². The molecule has 0 fully saturated rings. The summed E-state index contributed by atoms with van der Waals surface area (Å²) in [6.07, 6.45) is 2.67. The van der Waals surface area contributed by atoms with Crippen molar-refractivity contribution in [3.63, 3.8) is 0 Å². The van der Waals surface area contributed by atoms with E-state index in [2.05, 4.69) is 30.1 Å². The molecule has 4 N–H and O–H groups in total. The maximum absolute atomic E-state index is 11.8. The van der Waals surface area contributed by atoms with Gasteiger partial charge in [0.2, 0.25) is 0 Å². The Hall–Kier alpha value is -2.59. The van der Waals surface area contributed by atoms with Gasteiger partial charge in [-0.2, -0.15) is 0 Å². The average Bonchev–Trinajstić information content (AvgIpc) is 2.96. The summed E-state index contributed by atoms with van der Waals surface area (Å²) in [7, 11) is 0. The Kier molecular flexibility index (Phi) is 4.91. The van der Waals surface area contributed by atoms with Gasteiger partial charge in [0.1, 0.15) is 0 Å². The summed E-state index contributed by atoms with van der Waals surface area (Å²) in [4.78, 5) is 15.3. The van der Waals surface area contributed by atoms with E-state index in [1.54, 1.807) is 6.07 Å². The van der Waals surface area contributed by atoms with Crippen molar-refractivity contribution in [3.8, 4) is 11.3 Å². The molecular weight excluding hydrogens is 312 g/mol. The fraction of sp³-hybridized carbons (Fsp3) is 0.286. The van der Waals surface area contributed by atoms with Crippen molar-refractivity contribution in [1.82, 2.24) is 4.98 Å². The van der Waals surface area contributed by atoms with Crippen LogP contribution in [0, 0.1) is 13.8 Å². The summed E-state index contributed by atoms with van der Waals surface area (Å²) in [6.45, 7) is 4.72. The molecule has 4 nitrogen and oxygen atoms in total. The van der Waals surface area contributed by atoms with E-state index in [1.807, 2.05) is 19.1 Å². The lowest BCUT2D eigenvalue weighted by atomic mass is 9.96. The molecule has 0 radical (unpaired) electrons. The Balaban J connectivity index is 2.28. The molecule has 2 aromatic carbocycles. The number of rotatable bonds is 6. The minimum Gasteiger partial charge on any atom is -0.478 e. The Bertz CT molecular complexity index is 925. The SMILES string of the molecule is Cc1cccc(-c2[nH]c3c(C)ccc(C(=O)O)c3c2CCCCN)c1. The molecule has 0 unspecified atom stereocenters. The van der Waals surface area contributed by atoms with Gasteiger partial charge < -0.3 is 15.8 Å². The average molecular weight is 336 g/mol.